The molecule has 1 fully saturated rings. The van der Waals surface area contributed by atoms with Crippen LogP contribution in [0.1, 0.15) is 35.0 Å². The van der Waals surface area contributed by atoms with E-state index in [0.29, 0.717) is 45.8 Å². The van der Waals surface area contributed by atoms with Crippen LogP contribution in [-0.4, -0.2) is 41.2 Å². The van der Waals surface area contributed by atoms with Crippen molar-refractivity contribution in [3.63, 3.8) is 0 Å². The third-order valence-electron chi connectivity index (χ3n) is 5.51. The minimum Gasteiger partial charge on any atom is -0.393 e. The molecule has 0 bridgehead atoms. The lowest BCUT2D eigenvalue weighted by Gasteiger charge is -2.11. The minimum absolute atomic E-state index is 0.282. The second-order valence-corrected chi connectivity index (χ2v) is 9.35. The molecule has 1 aliphatic heterocycles. The molecule has 174 valence electrons. The van der Waals surface area contributed by atoms with E-state index in [1.807, 2.05) is 18.2 Å². The molecule has 0 aliphatic carbocycles. The zero-order valence-electron chi connectivity index (χ0n) is 18.4. The zero-order chi connectivity index (χ0) is 23.4. The molecular weight excluding hydrogens is 441 g/mol. The van der Waals surface area contributed by atoms with E-state index in [4.69, 9.17) is 5.73 Å². The van der Waals surface area contributed by atoms with Gasteiger partial charge in [0.05, 0.1) is 17.4 Å². The first-order chi connectivity index (χ1) is 15.9. The SMILES string of the molecule is CC(O)Cc1ccc(-c2cc(C(N)=O)c(Nc3cccc(CNC4CCNC4)n3)s2)c(F)c1. The summed E-state index contributed by atoms with van der Waals surface area (Å²) in [6, 6.07) is 12.5. The molecule has 9 heteroatoms. The number of amides is 1. The van der Waals surface area contributed by atoms with Crippen molar-refractivity contribution in [1.29, 1.82) is 0 Å². The zero-order valence-corrected chi connectivity index (χ0v) is 19.2. The number of anilines is 2. The lowest BCUT2D eigenvalue weighted by atomic mass is 10.0. The van der Waals surface area contributed by atoms with Crippen LogP contribution in [-0.2, 0) is 13.0 Å². The number of aromatic nitrogens is 1. The Kier molecular flexibility index (Phi) is 7.34. The average molecular weight is 470 g/mol. The van der Waals surface area contributed by atoms with Crippen LogP contribution in [0.4, 0.5) is 15.2 Å². The van der Waals surface area contributed by atoms with Gasteiger partial charge in [-0.3, -0.25) is 4.79 Å². The van der Waals surface area contributed by atoms with Gasteiger partial charge < -0.3 is 26.8 Å². The number of nitrogens with two attached hydrogens (primary N) is 1. The van der Waals surface area contributed by atoms with E-state index in [1.54, 1.807) is 25.1 Å². The summed E-state index contributed by atoms with van der Waals surface area (Å²) in [7, 11) is 0. The van der Waals surface area contributed by atoms with Gasteiger partial charge in [-0.15, -0.1) is 11.3 Å². The highest BCUT2D eigenvalue weighted by molar-refractivity contribution is 7.19. The maximum Gasteiger partial charge on any atom is 0.251 e. The predicted octanol–water partition coefficient (Wildman–Crippen LogP) is 3.17. The maximum atomic E-state index is 14.8. The van der Waals surface area contributed by atoms with Gasteiger partial charge in [0, 0.05) is 29.6 Å². The fourth-order valence-corrected chi connectivity index (χ4v) is 4.97. The number of aliphatic hydroxyl groups is 1. The summed E-state index contributed by atoms with van der Waals surface area (Å²) in [6.07, 6.45) is 0.909. The monoisotopic (exact) mass is 469 g/mol. The molecular formula is C24H28FN5O2S. The van der Waals surface area contributed by atoms with Gasteiger partial charge in [0.25, 0.3) is 5.91 Å². The molecule has 2 unspecified atom stereocenters. The van der Waals surface area contributed by atoms with E-state index in [1.165, 1.54) is 17.4 Å². The first-order valence-electron chi connectivity index (χ1n) is 11.0. The van der Waals surface area contributed by atoms with Gasteiger partial charge in [0.1, 0.15) is 16.6 Å². The molecule has 2 aromatic heterocycles. The molecule has 0 spiro atoms. The van der Waals surface area contributed by atoms with Crippen LogP contribution in [0.15, 0.2) is 42.5 Å². The van der Waals surface area contributed by atoms with E-state index >= 15 is 0 Å². The Morgan fingerprint density at radius 3 is 2.91 bits per heavy atom. The number of rotatable bonds is 9. The molecule has 2 atom stereocenters. The maximum absolute atomic E-state index is 14.8. The second-order valence-electron chi connectivity index (χ2n) is 8.29. The number of nitrogens with one attached hydrogen (secondary N) is 3. The van der Waals surface area contributed by atoms with Crippen molar-refractivity contribution < 1.29 is 14.3 Å². The third-order valence-corrected chi connectivity index (χ3v) is 6.59. The van der Waals surface area contributed by atoms with Gasteiger partial charge in [0.15, 0.2) is 0 Å². The fraction of sp³-hybridized carbons (Fsp3) is 0.333. The van der Waals surface area contributed by atoms with Crippen molar-refractivity contribution in [2.75, 3.05) is 18.4 Å². The number of carbonyl (C=O) groups excluding carboxylic acids is 1. The van der Waals surface area contributed by atoms with E-state index in [2.05, 4.69) is 20.9 Å². The number of hydrogen-bond acceptors (Lipinski definition) is 7. The minimum atomic E-state index is -0.599. The Hall–Kier alpha value is -2.85. The Morgan fingerprint density at radius 1 is 1.36 bits per heavy atom. The van der Waals surface area contributed by atoms with Gasteiger partial charge in [-0.2, -0.15) is 0 Å². The lowest BCUT2D eigenvalue weighted by Crippen LogP contribution is -2.30. The molecule has 1 amide bonds. The van der Waals surface area contributed by atoms with Gasteiger partial charge in [-0.25, -0.2) is 9.37 Å². The molecule has 0 radical (unpaired) electrons. The average Bonchev–Trinajstić information content (AvgIpc) is 3.42. The van der Waals surface area contributed by atoms with Crippen molar-refractivity contribution in [2.45, 2.75) is 38.5 Å². The lowest BCUT2D eigenvalue weighted by molar-refractivity contribution is 0.100. The number of pyridine rings is 1. The molecule has 3 aromatic rings. The van der Waals surface area contributed by atoms with Crippen LogP contribution in [0, 0.1) is 5.82 Å². The Balaban J connectivity index is 1.54. The molecule has 7 nitrogen and oxygen atoms in total. The van der Waals surface area contributed by atoms with Crippen LogP contribution >= 0.6 is 11.3 Å². The Morgan fingerprint density at radius 2 is 2.21 bits per heavy atom. The standard InChI is InChI=1S/C24H28FN5O2S/c1-14(31)9-15-5-6-18(20(25)10-15)21-11-19(23(26)32)24(33-21)30-22-4-2-3-17(29-22)13-28-16-7-8-27-12-16/h2-6,10-11,14,16,27-28,31H,7-9,12-13H2,1H3,(H2,26,32)(H,29,30). The number of carbonyl (C=O) groups is 1. The first kappa shape index (κ1) is 23.3. The molecule has 1 aliphatic rings. The van der Waals surface area contributed by atoms with Gasteiger partial charge in [-0.1, -0.05) is 18.2 Å². The number of hydrogen-bond donors (Lipinski definition) is 5. The second kappa shape index (κ2) is 10.4. The molecule has 1 aromatic carbocycles. The topological polar surface area (TPSA) is 112 Å². The van der Waals surface area contributed by atoms with Crippen molar-refractivity contribution in [1.82, 2.24) is 15.6 Å². The molecule has 4 rings (SSSR count). The van der Waals surface area contributed by atoms with Crippen molar-refractivity contribution in [3.05, 3.63) is 65.1 Å². The molecule has 0 saturated carbocycles. The van der Waals surface area contributed by atoms with Crippen molar-refractivity contribution >= 4 is 28.1 Å². The summed E-state index contributed by atoms with van der Waals surface area (Å²) >= 11 is 1.24. The molecule has 6 N–H and O–H groups in total. The highest BCUT2D eigenvalue weighted by Gasteiger charge is 2.18. The molecule has 33 heavy (non-hydrogen) atoms. The number of aliphatic hydroxyl groups excluding tert-OH is 1. The Bertz CT molecular complexity index is 1130. The normalized spacial score (nSPS) is 16.6. The highest BCUT2D eigenvalue weighted by atomic mass is 32.1. The van der Waals surface area contributed by atoms with E-state index < -0.39 is 17.8 Å². The summed E-state index contributed by atoms with van der Waals surface area (Å²) in [5.74, 6) is -0.426. The number of halogens is 1. The van der Waals surface area contributed by atoms with Crippen LogP contribution in [0.5, 0.6) is 0 Å². The first-order valence-corrected chi connectivity index (χ1v) is 11.8. The number of primary amides is 1. The highest BCUT2D eigenvalue weighted by Crippen LogP contribution is 2.38. The van der Waals surface area contributed by atoms with E-state index in [0.717, 1.165) is 25.2 Å². The van der Waals surface area contributed by atoms with Crippen LogP contribution in [0.3, 0.4) is 0 Å². The summed E-state index contributed by atoms with van der Waals surface area (Å²) in [4.78, 5) is 17.3. The van der Waals surface area contributed by atoms with Crippen LogP contribution in [0.25, 0.3) is 10.4 Å². The summed E-state index contributed by atoms with van der Waals surface area (Å²) in [5, 5.41) is 20.0. The number of nitrogens with zero attached hydrogens (tertiary/aromatic N) is 1. The van der Waals surface area contributed by atoms with Gasteiger partial charge in [-0.05, 0) is 56.1 Å². The van der Waals surface area contributed by atoms with Crippen LogP contribution < -0.4 is 21.7 Å². The summed E-state index contributed by atoms with van der Waals surface area (Å²) in [6.45, 7) is 4.28. The predicted molar refractivity (Wildman–Crippen MR) is 129 cm³/mol. The smallest absolute Gasteiger partial charge is 0.251 e. The van der Waals surface area contributed by atoms with Crippen molar-refractivity contribution in [3.8, 4) is 10.4 Å². The van der Waals surface area contributed by atoms with Crippen molar-refractivity contribution in [2.24, 2.45) is 5.73 Å². The quantitative estimate of drug-likeness (QED) is 0.329. The Labute approximate surface area is 196 Å². The van der Waals surface area contributed by atoms with Gasteiger partial charge >= 0.3 is 0 Å². The third kappa shape index (κ3) is 5.94. The fourth-order valence-electron chi connectivity index (χ4n) is 3.87. The number of thiophene rings is 1. The number of benzene rings is 1. The summed E-state index contributed by atoms with van der Waals surface area (Å²) < 4.78 is 14.8. The largest absolute Gasteiger partial charge is 0.393 e. The van der Waals surface area contributed by atoms with E-state index in [-0.39, 0.29) is 5.56 Å². The van der Waals surface area contributed by atoms with Crippen LogP contribution in [0.2, 0.25) is 0 Å². The van der Waals surface area contributed by atoms with E-state index in [9.17, 15) is 14.3 Å². The molecule has 1 saturated heterocycles. The van der Waals surface area contributed by atoms with Gasteiger partial charge in [0.2, 0.25) is 0 Å². The summed E-state index contributed by atoms with van der Waals surface area (Å²) in [5.41, 5.74) is 7.84. The molecule has 3 heterocycles.